The molecule has 0 aliphatic heterocycles. The predicted molar refractivity (Wildman–Crippen MR) is 157 cm³/mol. The highest BCUT2D eigenvalue weighted by molar-refractivity contribution is 5.91. The minimum absolute atomic E-state index is 0.0167. The van der Waals surface area contributed by atoms with Gasteiger partial charge in [0.2, 0.25) is 5.91 Å². The standard InChI is InChI=1S/C33H27FN6O/c1-23-11-8-9-18-29(23)35-30(41)22-39-20-28(37-38-39)21-40-32(25-14-6-3-7-15-25)31(24-12-4-2-5-13-24)36-33(40)26-16-10-17-27(34)19-26/h2-20H,21-22H2,1H3,(H,35,41). The van der Waals surface area contributed by atoms with Crippen molar-refractivity contribution in [2.24, 2.45) is 0 Å². The number of para-hydroxylation sites is 1. The lowest BCUT2D eigenvalue weighted by molar-refractivity contribution is -0.116. The molecular weight excluding hydrogens is 515 g/mol. The van der Waals surface area contributed by atoms with Crippen LogP contribution in [0.1, 0.15) is 11.3 Å². The molecule has 0 aliphatic rings. The summed E-state index contributed by atoms with van der Waals surface area (Å²) in [4.78, 5) is 17.8. The Morgan fingerprint density at radius 2 is 1.51 bits per heavy atom. The summed E-state index contributed by atoms with van der Waals surface area (Å²) in [5, 5.41) is 11.5. The monoisotopic (exact) mass is 542 g/mol. The lowest BCUT2D eigenvalue weighted by Gasteiger charge is -2.12. The largest absolute Gasteiger partial charge is 0.324 e. The summed E-state index contributed by atoms with van der Waals surface area (Å²) in [6.45, 7) is 2.27. The van der Waals surface area contributed by atoms with Crippen molar-refractivity contribution in [2.45, 2.75) is 20.0 Å². The number of aryl methyl sites for hydroxylation is 1. The summed E-state index contributed by atoms with van der Waals surface area (Å²) in [7, 11) is 0. The van der Waals surface area contributed by atoms with Crippen molar-refractivity contribution in [3.05, 3.63) is 132 Å². The minimum Gasteiger partial charge on any atom is -0.324 e. The molecule has 0 radical (unpaired) electrons. The Labute approximate surface area is 236 Å². The molecule has 2 heterocycles. The molecule has 0 atom stereocenters. The van der Waals surface area contributed by atoms with E-state index < -0.39 is 0 Å². The fraction of sp³-hybridized carbons (Fsp3) is 0.0909. The Morgan fingerprint density at radius 1 is 0.829 bits per heavy atom. The summed E-state index contributed by atoms with van der Waals surface area (Å²) in [5.41, 5.74) is 6.59. The highest BCUT2D eigenvalue weighted by atomic mass is 19.1. The van der Waals surface area contributed by atoms with Crippen LogP contribution in [-0.4, -0.2) is 30.5 Å². The number of hydrogen-bond acceptors (Lipinski definition) is 4. The van der Waals surface area contributed by atoms with Crippen LogP contribution in [0, 0.1) is 12.7 Å². The number of carbonyl (C=O) groups is 1. The number of carbonyl (C=O) groups excluding carboxylic acids is 1. The maximum Gasteiger partial charge on any atom is 0.246 e. The number of nitrogens with zero attached hydrogens (tertiary/aromatic N) is 5. The van der Waals surface area contributed by atoms with E-state index in [0.717, 1.165) is 33.8 Å². The molecule has 0 unspecified atom stereocenters. The van der Waals surface area contributed by atoms with Crippen LogP contribution < -0.4 is 5.32 Å². The second-order valence-corrected chi connectivity index (χ2v) is 9.73. The lowest BCUT2D eigenvalue weighted by atomic mass is 10.0. The maximum absolute atomic E-state index is 14.4. The second kappa shape index (κ2) is 11.4. The van der Waals surface area contributed by atoms with Crippen LogP contribution in [0.25, 0.3) is 33.9 Å². The van der Waals surface area contributed by atoms with Gasteiger partial charge in [-0.25, -0.2) is 14.1 Å². The molecule has 0 saturated carbocycles. The zero-order chi connectivity index (χ0) is 28.2. The average molecular weight is 543 g/mol. The second-order valence-electron chi connectivity index (χ2n) is 9.73. The van der Waals surface area contributed by atoms with Gasteiger partial charge in [-0.1, -0.05) is 96.2 Å². The van der Waals surface area contributed by atoms with Crippen molar-refractivity contribution in [1.82, 2.24) is 24.5 Å². The Hall–Kier alpha value is -5.37. The lowest BCUT2D eigenvalue weighted by Crippen LogP contribution is -2.19. The van der Waals surface area contributed by atoms with Crippen molar-refractivity contribution < 1.29 is 9.18 Å². The third-order valence-electron chi connectivity index (χ3n) is 6.78. The molecule has 202 valence electrons. The van der Waals surface area contributed by atoms with Gasteiger partial charge in [0.15, 0.2) is 0 Å². The highest BCUT2D eigenvalue weighted by Gasteiger charge is 2.22. The van der Waals surface area contributed by atoms with Crippen molar-refractivity contribution in [2.75, 3.05) is 5.32 Å². The molecule has 6 aromatic rings. The van der Waals surface area contributed by atoms with Gasteiger partial charge in [0.05, 0.1) is 24.1 Å². The van der Waals surface area contributed by atoms with Crippen LogP contribution in [0.15, 0.2) is 115 Å². The first-order valence-electron chi connectivity index (χ1n) is 13.3. The first kappa shape index (κ1) is 25.9. The third-order valence-corrected chi connectivity index (χ3v) is 6.78. The minimum atomic E-state index is -0.342. The van der Waals surface area contributed by atoms with Crippen molar-refractivity contribution >= 4 is 11.6 Å². The van der Waals surface area contributed by atoms with Crippen LogP contribution in [-0.2, 0) is 17.9 Å². The third kappa shape index (κ3) is 5.67. The number of benzene rings is 4. The first-order valence-corrected chi connectivity index (χ1v) is 13.3. The van der Waals surface area contributed by atoms with Gasteiger partial charge in [-0.2, -0.15) is 0 Å². The van der Waals surface area contributed by atoms with Gasteiger partial charge < -0.3 is 9.88 Å². The van der Waals surface area contributed by atoms with E-state index >= 15 is 0 Å². The molecule has 41 heavy (non-hydrogen) atoms. The van der Waals surface area contributed by atoms with Gasteiger partial charge in [-0.3, -0.25) is 4.79 Å². The Balaban J connectivity index is 1.39. The zero-order valence-electron chi connectivity index (χ0n) is 22.4. The highest BCUT2D eigenvalue weighted by Crippen LogP contribution is 2.36. The van der Waals surface area contributed by atoms with E-state index in [2.05, 4.69) is 15.6 Å². The molecule has 4 aromatic carbocycles. The molecule has 7 nitrogen and oxygen atoms in total. The van der Waals surface area contributed by atoms with E-state index in [1.807, 2.05) is 102 Å². The van der Waals surface area contributed by atoms with Gasteiger partial charge in [0.25, 0.3) is 0 Å². The summed E-state index contributed by atoms with van der Waals surface area (Å²) in [6, 6.07) is 33.9. The van der Waals surface area contributed by atoms with Gasteiger partial charge in [-0.15, -0.1) is 5.10 Å². The smallest absolute Gasteiger partial charge is 0.246 e. The van der Waals surface area contributed by atoms with Crippen LogP contribution in [0.3, 0.4) is 0 Å². The van der Waals surface area contributed by atoms with Crippen LogP contribution >= 0.6 is 0 Å². The van der Waals surface area contributed by atoms with Gasteiger partial charge >= 0.3 is 0 Å². The maximum atomic E-state index is 14.4. The van der Waals surface area contributed by atoms with Gasteiger partial charge in [-0.05, 0) is 30.7 Å². The number of hydrogen-bond donors (Lipinski definition) is 1. The van der Waals surface area contributed by atoms with Crippen LogP contribution in [0.2, 0.25) is 0 Å². The number of amides is 1. The topological polar surface area (TPSA) is 77.6 Å². The first-order chi connectivity index (χ1) is 20.0. The molecule has 0 aliphatic carbocycles. The average Bonchev–Trinajstić information content (AvgIpc) is 3.59. The van der Waals surface area contributed by atoms with E-state index in [4.69, 9.17) is 4.98 Å². The van der Waals surface area contributed by atoms with Crippen molar-refractivity contribution in [3.63, 3.8) is 0 Å². The molecule has 0 spiro atoms. The number of anilines is 1. The van der Waals surface area contributed by atoms with E-state index in [-0.39, 0.29) is 18.3 Å². The SMILES string of the molecule is Cc1ccccc1NC(=O)Cn1cc(Cn2c(-c3cccc(F)c3)nc(-c3ccccc3)c2-c2ccccc2)nn1. The van der Waals surface area contributed by atoms with Crippen LogP contribution in [0.4, 0.5) is 10.1 Å². The fourth-order valence-electron chi connectivity index (χ4n) is 4.84. The van der Waals surface area contributed by atoms with Gasteiger partial charge in [0, 0.05) is 22.4 Å². The Morgan fingerprint density at radius 3 is 2.24 bits per heavy atom. The molecule has 1 N–H and O–H groups in total. The summed E-state index contributed by atoms with van der Waals surface area (Å²) in [6.07, 6.45) is 1.75. The number of aromatic nitrogens is 5. The Kier molecular flexibility index (Phi) is 7.19. The van der Waals surface area contributed by atoms with Crippen LogP contribution in [0.5, 0.6) is 0 Å². The van der Waals surface area contributed by atoms with Crippen molar-refractivity contribution in [3.8, 4) is 33.9 Å². The number of rotatable bonds is 8. The van der Waals surface area contributed by atoms with Crippen molar-refractivity contribution in [1.29, 1.82) is 0 Å². The molecule has 0 bridgehead atoms. The number of nitrogens with one attached hydrogen (secondary N) is 1. The van der Waals surface area contributed by atoms with E-state index in [9.17, 15) is 9.18 Å². The molecule has 8 heteroatoms. The molecule has 0 fully saturated rings. The summed E-state index contributed by atoms with van der Waals surface area (Å²) in [5.74, 6) is 0.0643. The molecule has 0 saturated heterocycles. The van der Waals surface area contributed by atoms with Gasteiger partial charge in [0.1, 0.15) is 23.9 Å². The quantitative estimate of drug-likeness (QED) is 0.235. The zero-order valence-corrected chi connectivity index (χ0v) is 22.4. The number of imidazole rings is 1. The summed E-state index contributed by atoms with van der Waals surface area (Å²) < 4.78 is 17.9. The molecule has 6 rings (SSSR count). The molecule has 1 amide bonds. The van der Waals surface area contributed by atoms with E-state index in [1.165, 1.54) is 16.8 Å². The van der Waals surface area contributed by atoms with E-state index in [1.54, 1.807) is 12.3 Å². The summed E-state index contributed by atoms with van der Waals surface area (Å²) >= 11 is 0. The Bertz CT molecular complexity index is 1810. The fourth-order valence-corrected chi connectivity index (χ4v) is 4.84. The number of halogens is 1. The molecule has 2 aromatic heterocycles. The van der Waals surface area contributed by atoms with E-state index in [0.29, 0.717) is 23.6 Å². The molecular formula is C33H27FN6O. The normalized spacial score (nSPS) is 11.0. The predicted octanol–water partition coefficient (Wildman–Crippen LogP) is 6.61.